The van der Waals surface area contributed by atoms with Gasteiger partial charge in [0.25, 0.3) is 0 Å². The number of allylic oxidation sites excluding steroid dienone is 1. The van der Waals surface area contributed by atoms with Gasteiger partial charge in [-0.15, -0.1) is 16.8 Å². The van der Waals surface area contributed by atoms with Crippen molar-refractivity contribution >= 4 is 11.8 Å². The number of nitrogens with zero attached hydrogens (tertiary/aromatic N) is 3. The first-order chi connectivity index (χ1) is 13.2. The molecule has 0 aliphatic rings. The lowest BCUT2D eigenvalue weighted by Crippen LogP contribution is -2.07. The average Bonchev–Trinajstić information content (AvgIpc) is 3.08. The normalized spacial score (nSPS) is 10.6. The molecule has 0 aliphatic heterocycles. The summed E-state index contributed by atoms with van der Waals surface area (Å²) in [5.74, 6) is 3.18. The molecular formula is C21H23N3O2S. The average molecular weight is 382 g/mol. The van der Waals surface area contributed by atoms with Gasteiger partial charge in [-0.1, -0.05) is 42.1 Å². The van der Waals surface area contributed by atoms with Crippen LogP contribution in [0.2, 0.25) is 0 Å². The number of rotatable bonds is 9. The summed E-state index contributed by atoms with van der Waals surface area (Å²) in [5.41, 5.74) is 2.58. The largest absolute Gasteiger partial charge is 0.497 e. The second-order valence-electron chi connectivity index (χ2n) is 5.98. The van der Waals surface area contributed by atoms with Crippen LogP contribution in [0.5, 0.6) is 11.5 Å². The van der Waals surface area contributed by atoms with Gasteiger partial charge in [0.15, 0.2) is 11.0 Å². The molecule has 0 saturated heterocycles. The van der Waals surface area contributed by atoms with E-state index in [0.717, 1.165) is 28.2 Å². The van der Waals surface area contributed by atoms with Crippen LogP contribution < -0.4 is 9.47 Å². The van der Waals surface area contributed by atoms with Gasteiger partial charge in [-0.25, -0.2) is 0 Å². The van der Waals surface area contributed by atoms with Crippen molar-refractivity contribution in [3.8, 4) is 11.5 Å². The van der Waals surface area contributed by atoms with Gasteiger partial charge in [-0.2, -0.15) is 0 Å². The molecule has 0 N–H and O–H groups in total. The Morgan fingerprint density at radius 2 is 1.81 bits per heavy atom. The van der Waals surface area contributed by atoms with Crippen molar-refractivity contribution in [1.29, 1.82) is 0 Å². The van der Waals surface area contributed by atoms with Gasteiger partial charge < -0.3 is 9.47 Å². The SMILES string of the molecule is C=CCn1c(COc2ccc(OC)cc2)nnc1SCc1ccccc1C. The lowest BCUT2D eigenvalue weighted by molar-refractivity contribution is 0.288. The van der Waals surface area contributed by atoms with E-state index in [2.05, 4.69) is 48.0 Å². The molecular weight excluding hydrogens is 358 g/mol. The molecule has 3 aromatic rings. The maximum absolute atomic E-state index is 5.85. The number of aryl methyl sites for hydroxylation is 1. The van der Waals surface area contributed by atoms with Crippen molar-refractivity contribution in [3.05, 3.63) is 78.1 Å². The highest BCUT2D eigenvalue weighted by Gasteiger charge is 2.13. The highest BCUT2D eigenvalue weighted by atomic mass is 32.2. The third kappa shape index (κ3) is 4.92. The van der Waals surface area contributed by atoms with E-state index in [1.165, 1.54) is 11.1 Å². The first kappa shape index (κ1) is 19.0. The molecule has 27 heavy (non-hydrogen) atoms. The lowest BCUT2D eigenvalue weighted by atomic mass is 10.1. The van der Waals surface area contributed by atoms with Crippen LogP contribution in [0.1, 0.15) is 17.0 Å². The lowest BCUT2D eigenvalue weighted by Gasteiger charge is -2.10. The van der Waals surface area contributed by atoms with Crippen LogP contribution in [0.4, 0.5) is 0 Å². The quantitative estimate of drug-likeness (QED) is 0.399. The number of ether oxygens (including phenoxy) is 2. The maximum atomic E-state index is 5.85. The minimum Gasteiger partial charge on any atom is -0.497 e. The zero-order valence-electron chi connectivity index (χ0n) is 15.6. The van der Waals surface area contributed by atoms with E-state index < -0.39 is 0 Å². The molecule has 1 aromatic heterocycles. The van der Waals surface area contributed by atoms with Crippen LogP contribution in [0.15, 0.2) is 66.3 Å². The Morgan fingerprint density at radius 3 is 2.52 bits per heavy atom. The van der Waals surface area contributed by atoms with Gasteiger partial charge in [-0.05, 0) is 42.3 Å². The van der Waals surface area contributed by atoms with E-state index in [1.807, 2.05) is 34.9 Å². The number of methoxy groups -OCH3 is 1. The minimum absolute atomic E-state index is 0.345. The Morgan fingerprint density at radius 1 is 1.07 bits per heavy atom. The fourth-order valence-corrected chi connectivity index (χ4v) is 3.62. The summed E-state index contributed by atoms with van der Waals surface area (Å²) in [4.78, 5) is 0. The number of thioether (sulfide) groups is 1. The molecule has 0 unspecified atom stereocenters. The molecule has 2 aromatic carbocycles. The summed E-state index contributed by atoms with van der Waals surface area (Å²) in [7, 11) is 1.64. The molecule has 0 bridgehead atoms. The summed E-state index contributed by atoms with van der Waals surface area (Å²) < 4.78 is 13.1. The fourth-order valence-electron chi connectivity index (χ4n) is 2.58. The van der Waals surface area contributed by atoms with Crippen LogP contribution in [-0.4, -0.2) is 21.9 Å². The zero-order chi connectivity index (χ0) is 19.1. The van der Waals surface area contributed by atoms with Crippen molar-refractivity contribution in [2.75, 3.05) is 7.11 Å². The van der Waals surface area contributed by atoms with Gasteiger partial charge >= 0.3 is 0 Å². The molecule has 0 fully saturated rings. The standard InChI is InChI=1S/C21H23N3O2S/c1-4-13-24-20(14-26-19-11-9-18(25-3)10-12-19)22-23-21(24)27-15-17-8-6-5-7-16(17)2/h4-12H,1,13-15H2,2-3H3. The van der Waals surface area contributed by atoms with E-state index >= 15 is 0 Å². The number of hydrogen-bond donors (Lipinski definition) is 0. The van der Waals surface area contributed by atoms with Crippen LogP contribution in [0.3, 0.4) is 0 Å². The van der Waals surface area contributed by atoms with E-state index in [0.29, 0.717) is 13.2 Å². The van der Waals surface area contributed by atoms with Crippen LogP contribution in [0.25, 0.3) is 0 Å². The predicted octanol–water partition coefficient (Wildman–Crippen LogP) is 4.65. The molecule has 140 valence electrons. The van der Waals surface area contributed by atoms with E-state index in [9.17, 15) is 0 Å². The summed E-state index contributed by atoms with van der Waals surface area (Å²) in [6.45, 7) is 6.96. The number of benzene rings is 2. The van der Waals surface area contributed by atoms with Crippen molar-refractivity contribution in [1.82, 2.24) is 14.8 Å². The van der Waals surface area contributed by atoms with Crippen molar-refractivity contribution in [3.63, 3.8) is 0 Å². The van der Waals surface area contributed by atoms with Crippen LogP contribution in [0, 0.1) is 6.92 Å². The smallest absolute Gasteiger partial charge is 0.191 e. The first-order valence-corrected chi connectivity index (χ1v) is 9.67. The van der Waals surface area contributed by atoms with Gasteiger partial charge in [0.05, 0.1) is 7.11 Å². The Labute approximate surface area is 164 Å². The second kappa shape index (κ2) is 9.28. The second-order valence-corrected chi connectivity index (χ2v) is 6.92. The van der Waals surface area contributed by atoms with Crippen LogP contribution >= 0.6 is 11.8 Å². The Bertz CT molecular complexity index is 891. The zero-order valence-corrected chi connectivity index (χ0v) is 16.4. The molecule has 6 heteroatoms. The van der Waals surface area contributed by atoms with E-state index in [4.69, 9.17) is 9.47 Å². The topological polar surface area (TPSA) is 49.2 Å². The molecule has 5 nitrogen and oxygen atoms in total. The number of aromatic nitrogens is 3. The highest BCUT2D eigenvalue weighted by molar-refractivity contribution is 7.98. The summed E-state index contributed by atoms with van der Waals surface area (Å²) >= 11 is 1.67. The van der Waals surface area contributed by atoms with E-state index in [-0.39, 0.29) is 0 Å². The highest BCUT2D eigenvalue weighted by Crippen LogP contribution is 2.24. The van der Waals surface area contributed by atoms with Crippen molar-refractivity contribution in [2.24, 2.45) is 0 Å². The van der Waals surface area contributed by atoms with Gasteiger partial charge in [0.2, 0.25) is 0 Å². The Kier molecular flexibility index (Phi) is 6.54. The molecule has 1 heterocycles. The molecule has 0 amide bonds. The summed E-state index contributed by atoms with van der Waals surface area (Å²) in [5, 5.41) is 9.53. The fraction of sp³-hybridized carbons (Fsp3) is 0.238. The van der Waals surface area contributed by atoms with Gasteiger partial charge in [-0.3, -0.25) is 4.57 Å². The number of hydrogen-bond acceptors (Lipinski definition) is 5. The summed E-state index contributed by atoms with van der Waals surface area (Å²) in [6, 6.07) is 15.9. The molecule has 0 saturated carbocycles. The maximum Gasteiger partial charge on any atom is 0.191 e. The van der Waals surface area contributed by atoms with Crippen molar-refractivity contribution < 1.29 is 9.47 Å². The predicted molar refractivity (Wildman–Crippen MR) is 108 cm³/mol. The Hall–Kier alpha value is -2.73. The summed E-state index contributed by atoms with van der Waals surface area (Å²) in [6.07, 6.45) is 1.85. The molecule has 3 rings (SSSR count). The molecule has 0 aliphatic carbocycles. The third-order valence-electron chi connectivity index (χ3n) is 4.15. The molecule has 0 radical (unpaired) electrons. The Balaban J connectivity index is 1.68. The van der Waals surface area contributed by atoms with Gasteiger partial charge in [0, 0.05) is 12.3 Å². The van der Waals surface area contributed by atoms with Crippen molar-refractivity contribution in [2.45, 2.75) is 31.0 Å². The monoisotopic (exact) mass is 381 g/mol. The van der Waals surface area contributed by atoms with E-state index in [1.54, 1.807) is 18.9 Å². The van der Waals surface area contributed by atoms with Gasteiger partial charge in [0.1, 0.15) is 18.1 Å². The molecule has 0 spiro atoms. The van der Waals surface area contributed by atoms with Crippen LogP contribution in [-0.2, 0) is 18.9 Å². The third-order valence-corrected chi connectivity index (χ3v) is 5.17. The first-order valence-electron chi connectivity index (χ1n) is 8.68. The minimum atomic E-state index is 0.345. The molecule has 0 atom stereocenters.